The fourth-order valence-electron chi connectivity index (χ4n) is 4.05. The third-order valence-corrected chi connectivity index (χ3v) is 5.93. The van der Waals surface area contributed by atoms with Crippen LogP contribution in [0.3, 0.4) is 0 Å². The van der Waals surface area contributed by atoms with Crippen molar-refractivity contribution in [3.8, 4) is 11.1 Å². The van der Waals surface area contributed by atoms with E-state index in [1.807, 2.05) is 35.0 Å². The van der Waals surface area contributed by atoms with Gasteiger partial charge in [0.2, 0.25) is 0 Å². The van der Waals surface area contributed by atoms with E-state index in [0.29, 0.717) is 12.1 Å². The fourth-order valence-corrected chi connectivity index (χ4v) is 4.05. The third kappa shape index (κ3) is 5.95. The fraction of sp³-hybridized carbons (Fsp3) is 0.286. The van der Waals surface area contributed by atoms with E-state index in [2.05, 4.69) is 36.2 Å². The highest BCUT2D eigenvalue weighted by molar-refractivity contribution is 5.95. The molecule has 34 heavy (non-hydrogen) atoms. The molecule has 2 aromatic carbocycles. The van der Waals surface area contributed by atoms with Crippen molar-refractivity contribution in [1.82, 2.24) is 19.7 Å². The Morgan fingerprint density at radius 1 is 0.912 bits per heavy atom. The predicted molar refractivity (Wildman–Crippen MR) is 133 cm³/mol. The number of unbranched alkanes of at least 4 members (excludes halogenated alkanes) is 2. The SMILES string of the molecule is CCCCCc1nc(CCc2ccccc2)nn1Cc1ccc(-c2cnccc2C(=O)O)cc1. The quantitative estimate of drug-likeness (QED) is 0.298. The number of aryl methyl sites for hydroxylation is 3. The van der Waals surface area contributed by atoms with E-state index in [1.54, 1.807) is 6.20 Å². The summed E-state index contributed by atoms with van der Waals surface area (Å²) in [5, 5.41) is 14.3. The molecule has 0 aliphatic rings. The van der Waals surface area contributed by atoms with Crippen LogP contribution in [0.5, 0.6) is 0 Å². The lowest BCUT2D eigenvalue weighted by Crippen LogP contribution is -2.07. The second-order valence-electron chi connectivity index (χ2n) is 8.47. The zero-order chi connectivity index (χ0) is 23.8. The Bertz CT molecular complexity index is 1220. The molecule has 0 aliphatic carbocycles. The zero-order valence-electron chi connectivity index (χ0n) is 19.5. The first kappa shape index (κ1) is 23.4. The van der Waals surface area contributed by atoms with Gasteiger partial charge >= 0.3 is 5.97 Å². The largest absolute Gasteiger partial charge is 0.478 e. The first-order valence-electron chi connectivity index (χ1n) is 11.9. The third-order valence-electron chi connectivity index (χ3n) is 5.93. The maximum atomic E-state index is 11.5. The van der Waals surface area contributed by atoms with Gasteiger partial charge in [0.25, 0.3) is 0 Å². The van der Waals surface area contributed by atoms with Crippen LogP contribution in [0.1, 0.15) is 59.3 Å². The van der Waals surface area contributed by atoms with Crippen LogP contribution in [-0.4, -0.2) is 30.8 Å². The molecule has 0 saturated carbocycles. The lowest BCUT2D eigenvalue weighted by atomic mass is 10.0. The summed E-state index contributed by atoms with van der Waals surface area (Å²) in [5.41, 5.74) is 4.09. The summed E-state index contributed by atoms with van der Waals surface area (Å²) in [5.74, 6) is 0.957. The molecular formula is C28H30N4O2. The number of benzene rings is 2. The van der Waals surface area contributed by atoms with E-state index < -0.39 is 5.97 Å². The Balaban J connectivity index is 1.51. The molecule has 2 aromatic heterocycles. The van der Waals surface area contributed by atoms with Gasteiger partial charge in [-0.1, -0.05) is 74.4 Å². The van der Waals surface area contributed by atoms with Gasteiger partial charge < -0.3 is 5.11 Å². The predicted octanol–water partition coefficient (Wildman–Crippen LogP) is 5.60. The van der Waals surface area contributed by atoms with E-state index in [4.69, 9.17) is 10.1 Å². The maximum Gasteiger partial charge on any atom is 0.336 e. The molecule has 0 aliphatic heterocycles. The average molecular weight is 455 g/mol. The molecule has 0 amide bonds. The molecule has 0 bridgehead atoms. The average Bonchev–Trinajstić information content (AvgIpc) is 3.25. The van der Waals surface area contributed by atoms with Crippen molar-refractivity contribution in [2.75, 3.05) is 0 Å². The molecule has 0 spiro atoms. The zero-order valence-corrected chi connectivity index (χ0v) is 19.5. The van der Waals surface area contributed by atoms with Crippen LogP contribution < -0.4 is 0 Å². The number of rotatable bonds is 11. The summed E-state index contributed by atoms with van der Waals surface area (Å²) in [7, 11) is 0. The van der Waals surface area contributed by atoms with Crippen molar-refractivity contribution in [3.05, 3.63) is 101 Å². The van der Waals surface area contributed by atoms with E-state index in [0.717, 1.165) is 48.5 Å². The minimum absolute atomic E-state index is 0.250. The number of nitrogens with zero attached hydrogens (tertiary/aromatic N) is 4. The second-order valence-corrected chi connectivity index (χ2v) is 8.47. The molecule has 0 radical (unpaired) electrons. The van der Waals surface area contributed by atoms with Crippen molar-refractivity contribution in [2.24, 2.45) is 0 Å². The molecule has 0 atom stereocenters. The van der Waals surface area contributed by atoms with Crippen LogP contribution in [0.25, 0.3) is 11.1 Å². The number of aromatic carboxylic acids is 1. The van der Waals surface area contributed by atoms with Crippen molar-refractivity contribution < 1.29 is 9.90 Å². The normalized spacial score (nSPS) is 11.0. The Morgan fingerprint density at radius 2 is 1.71 bits per heavy atom. The smallest absolute Gasteiger partial charge is 0.336 e. The molecule has 2 heterocycles. The molecule has 0 fully saturated rings. The minimum atomic E-state index is -0.955. The lowest BCUT2D eigenvalue weighted by molar-refractivity contribution is 0.0697. The van der Waals surface area contributed by atoms with Crippen LogP contribution in [0.15, 0.2) is 73.1 Å². The standard InChI is InChI=1S/C28H30N4O2/c1-2-3-5-10-27-30-26(16-13-21-8-6-4-7-9-21)31-32(27)20-22-11-14-23(15-12-22)25-19-29-18-17-24(25)28(33)34/h4,6-9,11-12,14-15,17-19H,2-3,5,10,13,16,20H2,1H3,(H,33,34). The molecule has 0 saturated heterocycles. The summed E-state index contributed by atoms with van der Waals surface area (Å²) in [6.07, 6.45) is 9.21. The summed E-state index contributed by atoms with van der Waals surface area (Å²) in [6, 6.07) is 19.9. The topological polar surface area (TPSA) is 80.9 Å². The number of pyridine rings is 1. The van der Waals surface area contributed by atoms with Crippen LogP contribution >= 0.6 is 0 Å². The molecule has 0 unspecified atom stereocenters. The highest BCUT2D eigenvalue weighted by Gasteiger charge is 2.13. The molecule has 6 heteroatoms. The van der Waals surface area contributed by atoms with Gasteiger partial charge in [-0.2, -0.15) is 5.10 Å². The second kappa shape index (κ2) is 11.4. The van der Waals surface area contributed by atoms with Gasteiger partial charge in [0.15, 0.2) is 5.82 Å². The Morgan fingerprint density at radius 3 is 2.44 bits per heavy atom. The van der Waals surface area contributed by atoms with Crippen LogP contribution in [0.4, 0.5) is 0 Å². The highest BCUT2D eigenvalue weighted by atomic mass is 16.4. The van der Waals surface area contributed by atoms with Crippen molar-refractivity contribution in [1.29, 1.82) is 0 Å². The monoisotopic (exact) mass is 454 g/mol. The maximum absolute atomic E-state index is 11.5. The van der Waals surface area contributed by atoms with Gasteiger partial charge in [-0.3, -0.25) is 4.98 Å². The van der Waals surface area contributed by atoms with Crippen molar-refractivity contribution >= 4 is 5.97 Å². The number of hydrogen-bond donors (Lipinski definition) is 1. The highest BCUT2D eigenvalue weighted by Crippen LogP contribution is 2.23. The van der Waals surface area contributed by atoms with Crippen molar-refractivity contribution in [3.63, 3.8) is 0 Å². The lowest BCUT2D eigenvalue weighted by Gasteiger charge is -2.09. The summed E-state index contributed by atoms with van der Waals surface area (Å²) >= 11 is 0. The van der Waals surface area contributed by atoms with E-state index >= 15 is 0 Å². The molecule has 174 valence electrons. The van der Waals surface area contributed by atoms with Crippen molar-refractivity contribution in [2.45, 2.75) is 52.0 Å². The number of aromatic nitrogens is 4. The molecule has 4 aromatic rings. The van der Waals surface area contributed by atoms with Gasteiger partial charge in [-0.05, 0) is 35.6 Å². The molecule has 6 nitrogen and oxygen atoms in total. The van der Waals surface area contributed by atoms with Gasteiger partial charge in [0, 0.05) is 30.8 Å². The van der Waals surface area contributed by atoms with E-state index in [9.17, 15) is 9.90 Å². The first-order valence-corrected chi connectivity index (χ1v) is 11.9. The Kier molecular flexibility index (Phi) is 7.81. The van der Waals surface area contributed by atoms with E-state index in [-0.39, 0.29) is 5.56 Å². The minimum Gasteiger partial charge on any atom is -0.478 e. The van der Waals surface area contributed by atoms with Crippen LogP contribution in [0, 0.1) is 0 Å². The number of carboxylic acid groups (broad SMARTS) is 1. The molecule has 4 rings (SSSR count). The Labute approximate surface area is 200 Å². The summed E-state index contributed by atoms with van der Waals surface area (Å²) < 4.78 is 2.03. The van der Waals surface area contributed by atoms with Crippen LogP contribution in [-0.2, 0) is 25.8 Å². The summed E-state index contributed by atoms with van der Waals surface area (Å²) in [6.45, 7) is 2.84. The number of carbonyl (C=O) groups is 1. The number of hydrogen-bond acceptors (Lipinski definition) is 4. The summed E-state index contributed by atoms with van der Waals surface area (Å²) in [4.78, 5) is 20.5. The first-order chi connectivity index (χ1) is 16.6. The van der Waals surface area contributed by atoms with Gasteiger partial charge in [0.05, 0.1) is 12.1 Å². The van der Waals surface area contributed by atoms with Crippen LogP contribution in [0.2, 0.25) is 0 Å². The Hall–Kier alpha value is -3.80. The van der Waals surface area contributed by atoms with Gasteiger partial charge in [0.1, 0.15) is 5.82 Å². The molecule has 1 N–H and O–H groups in total. The van der Waals surface area contributed by atoms with Gasteiger partial charge in [-0.25, -0.2) is 14.5 Å². The number of carboxylic acids is 1. The molecular weight excluding hydrogens is 424 g/mol. The van der Waals surface area contributed by atoms with Gasteiger partial charge in [-0.15, -0.1) is 0 Å². The van der Waals surface area contributed by atoms with E-state index in [1.165, 1.54) is 30.7 Å².